The number of hydrogen-bond donors (Lipinski definition) is 0. The number of hydrogen-bond acceptors (Lipinski definition) is 6. The summed E-state index contributed by atoms with van der Waals surface area (Å²) in [6, 6.07) is 0. The third-order valence-electron chi connectivity index (χ3n) is 0.624. The summed E-state index contributed by atoms with van der Waals surface area (Å²) in [5.74, 6) is 0. The van der Waals surface area contributed by atoms with E-state index >= 15 is 0 Å². The fourth-order valence-electron chi connectivity index (χ4n) is 0.311. The molecule has 7 nitrogen and oxygen atoms in total. The average molecular weight is 271 g/mol. The van der Waals surface area contributed by atoms with Gasteiger partial charge in [-0.1, -0.05) is 3.89 Å². The van der Waals surface area contributed by atoms with Crippen LogP contribution in [0.5, 0.6) is 0 Å². The monoisotopic (exact) mass is 271 g/mol. The molecule has 0 aliphatic carbocycles. The van der Waals surface area contributed by atoms with Gasteiger partial charge in [0, 0.05) is 0 Å². The van der Waals surface area contributed by atoms with Crippen LogP contribution in [0.2, 0.25) is 0 Å². The summed E-state index contributed by atoms with van der Waals surface area (Å²) in [6.45, 7) is 0. The van der Waals surface area contributed by atoms with Gasteiger partial charge in [0.05, 0.1) is 0 Å². The SMILES string of the molecule is O=S(=O)(F)c1nnc(F)[n-]1.O=S=O.[K+]. The zero-order chi connectivity index (χ0) is 10.5. The van der Waals surface area contributed by atoms with Crippen molar-refractivity contribution in [2.45, 2.75) is 5.16 Å². The summed E-state index contributed by atoms with van der Waals surface area (Å²) in [5.41, 5.74) is 0. The van der Waals surface area contributed by atoms with Gasteiger partial charge >= 0.3 is 73.2 Å². The van der Waals surface area contributed by atoms with Gasteiger partial charge in [0.2, 0.25) is 0 Å². The molecule has 74 valence electrons. The summed E-state index contributed by atoms with van der Waals surface area (Å²) < 4.78 is 59.8. The molecule has 0 aromatic carbocycles. The average Bonchev–Trinajstić information content (AvgIpc) is 2.35. The Hall–Kier alpha value is 0.406. The van der Waals surface area contributed by atoms with Crippen molar-refractivity contribution >= 4 is 21.8 Å². The Morgan fingerprint density at radius 1 is 1.29 bits per heavy atom. The molecule has 0 fully saturated rings. The van der Waals surface area contributed by atoms with Crippen LogP contribution >= 0.6 is 0 Å². The molecule has 0 amide bonds. The Morgan fingerprint density at radius 2 is 1.71 bits per heavy atom. The molecule has 0 aliphatic heterocycles. The molecular formula is C2F2KN3O4S2. The second kappa shape index (κ2) is 7.67. The van der Waals surface area contributed by atoms with Crippen LogP contribution in [-0.2, 0) is 21.8 Å². The van der Waals surface area contributed by atoms with Crippen molar-refractivity contribution in [3.8, 4) is 0 Å². The molecule has 1 rings (SSSR count). The van der Waals surface area contributed by atoms with E-state index in [0.29, 0.717) is 0 Å². The van der Waals surface area contributed by atoms with Crippen molar-refractivity contribution in [3.63, 3.8) is 0 Å². The van der Waals surface area contributed by atoms with E-state index in [0.717, 1.165) is 0 Å². The predicted octanol–water partition coefficient (Wildman–Crippen LogP) is -4.44. The van der Waals surface area contributed by atoms with E-state index in [1.807, 2.05) is 0 Å². The van der Waals surface area contributed by atoms with E-state index in [4.69, 9.17) is 8.42 Å². The Balaban J connectivity index is 0. The minimum absolute atomic E-state index is 0. The van der Waals surface area contributed by atoms with Crippen molar-refractivity contribution in [2.24, 2.45) is 0 Å². The van der Waals surface area contributed by atoms with Crippen LogP contribution in [0.3, 0.4) is 0 Å². The normalized spacial score (nSPS) is 9.29. The second-order valence-corrected chi connectivity index (χ2v) is 2.75. The number of rotatable bonds is 1. The van der Waals surface area contributed by atoms with Gasteiger partial charge in [-0.3, -0.25) is 0 Å². The summed E-state index contributed by atoms with van der Waals surface area (Å²) in [5, 5.41) is 3.88. The van der Waals surface area contributed by atoms with Crippen molar-refractivity contribution < 1.29 is 76.5 Å². The number of nitrogens with zero attached hydrogens (tertiary/aromatic N) is 3. The van der Waals surface area contributed by atoms with Gasteiger partial charge in [0.1, 0.15) is 5.16 Å². The van der Waals surface area contributed by atoms with E-state index in [1.165, 1.54) is 0 Å². The Kier molecular flexibility index (Phi) is 9.21. The van der Waals surface area contributed by atoms with Crippen LogP contribution in [0.1, 0.15) is 0 Å². The summed E-state index contributed by atoms with van der Waals surface area (Å²) in [4.78, 5) is 2.53. The third kappa shape index (κ3) is 6.80. The van der Waals surface area contributed by atoms with Crippen molar-refractivity contribution in [2.75, 3.05) is 0 Å². The van der Waals surface area contributed by atoms with Crippen LogP contribution < -0.4 is 56.4 Å². The molecule has 0 aliphatic rings. The largest absolute Gasteiger partial charge is 1.00 e. The first-order valence-corrected chi connectivity index (χ1v) is 4.36. The molecule has 0 radical (unpaired) electrons. The molecule has 0 saturated heterocycles. The van der Waals surface area contributed by atoms with Crippen LogP contribution in [-0.4, -0.2) is 27.0 Å². The van der Waals surface area contributed by atoms with Crippen LogP contribution in [0.4, 0.5) is 8.28 Å². The summed E-state index contributed by atoms with van der Waals surface area (Å²) in [6.07, 6.45) is -1.36. The minimum Gasteiger partial charge on any atom is -0.334 e. The molecule has 0 bridgehead atoms. The minimum atomic E-state index is -5.01. The fraction of sp³-hybridized carbons (Fsp3) is 0. The third-order valence-corrected chi connectivity index (χ3v) is 1.23. The van der Waals surface area contributed by atoms with E-state index in [9.17, 15) is 16.7 Å². The molecule has 14 heavy (non-hydrogen) atoms. The molecular weight excluding hydrogens is 271 g/mol. The topological polar surface area (TPSA) is 108 Å². The Bertz CT molecular complexity index is 412. The fourth-order valence-corrected chi connectivity index (χ4v) is 0.634. The van der Waals surface area contributed by atoms with Crippen molar-refractivity contribution in [3.05, 3.63) is 6.08 Å². The van der Waals surface area contributed by atoms with Gasteiger partial charge in [0.15, 0.2) is 6.08 Å². The van der Waals surface area contributed by atoms with Gasteiger partial charge < -0.3 is 15.2 Å². The quantitative estimate of drug-likeness (QED) is 0.374. The van der Waals surface area contributed by atoms with Gasteiger partial charge in [-0.25, -0.2) is 0 Å². The summed E-state index contributed by atoms with van der Waals surface area (Å²) in [7, 11) is -5.01. The Morgan fingerprint density at radius 3 is 1.86 bits per heavy atom. The van der Waals surface area contributed by atoms with Gasteiger partial charge in [-0.15, -0.1) is 0 Å². The number of halogens is 2. The Labute approximate surface area is 123 Å². The second-order valence-electron chi connectivity index (χ2n) is 1.37. The smallest absolute Gasteiger partial charge is 0.334 e. The molecule has 1 aromatic heterocycles. The first-order valence-electron chi connectivity index (χ1n) is 2.31. The van der Waals surface area contributed by atoms with Crippen LogP contribution in [0, 0.1) is 6.08 Å². The van der Waals surface area contributed by atoms with Gasteiger partial charge in [-0.2, -0.15) is 21.2 Å². The maximum absolute atomic E-state index is 11.8. The van der Waals surface area contributed by atoms with Crippen LogP contribution in [0.15, 0.2) is 5.16 Å². The van der Waals surface area contributed by atoms with Gasteiger partial charge in [0.25, 0.3) is 0 Å². The van der Waals surface area contributed by atoms with Crippen molar-refractivity contribution in [1.82, 2.24) is 15.2 Å². The molecule has 0 N–H and O–H groups in total. The predicted molar refractivity (Wildman–Crippen MR) is 32.5 cm³/mol. The standard InChI is InChI=1S/C2F2N3O2S.K.O2S/c3-1-5-2(7-6-1)10(4,8)9;;1-3-2/q-1;+1;. The van der Waals surface area contributed by atoms with Crippen molar-refractivity contribution in [1.29, 1.82) is 0 Å². The van der Waals surface area contributed by atoms with Gasteiger partial charge in [-0.05, 0) is 0 Å². The molecule has 0 spiro atoms. The van der Waals surface area contributed by atoms with Crippen LogP contribution in [0.25, 0.3) is 0 Å². The first kappa shape index (κ1) is 16.8. The molecule has 1 aromatic rings. The number of aromatic nitrogens is 3. The first-order chi connectivity index (χ1) is 5.91. The maximum atomic E-state index is 11.8. The molecule has 0 atom stereocenters. The summed E-state index contributed by atoms with van der Waals surface area (Å²) >= 11 is -0.750. The molecule has 0 unspecified atom stereocenters. The molecule has 12 heteroatoms. The zero-order valence-electron chi connectivity index (χ0n) is 6.55. The van der Waals surface area contributed by atoms with E-state index in [-0.39, 0.29) is 51.4 Å². The van der Waals surface area contributed by atoms with E-state index < -0.39 is 33.0 Å². The maximum Gasteiger partial charge on any atom is 1.00 e. The zero-order valence-corrected chi connectivity index (χ0v) is 11.3. The van der Waals surface area contributed by atoms with E-state index in [2.05, 4.69) is 15.2 Å². The molecule has 1 heterocycles. The van der Waals surface area contributed by atoms with E-state index in [1.54, 1.807) is 0 Å². The molecule has 0 saturated carbocycles.